The summed E-state index contributed by atoms with van der Waals surface area (Å²) in [4.78, 5) is 5.46. The molecule has 92 valence electrons. The Morgan fingerprint density at radius 2 is 2.00 bits per heavy atom. The summed E-state index contributed by atoms with van der Waals surface area (Å²) >= 11 is 1.51. The third-order valence-corrected chi connectivity index (χ3v) is 3.27. The molecule has 0 spiro atoms. The maximum Gasteiger partial charge on any atom is 0.180 e. The molecule has 0 fully saturated rings. The smallest absolute Gasteiger partial charge is 0.180 e. The Labute approximate surface area is 111 Å². The van der Waals surface area contributed by atoms with Crippen LogP contribution in [0.25, 0.3) is 11.3 Å². The van der Waals surface area contributed by atoms with Gasteiger partial charge >= 0.3 is 0 Å². The number of hydrogen-bond acceptors (Lipinski definition) is 4. The Bertz CT molecular complexity index is 588. The van der Waals surface area contributed by atoms with Crippen molar-refractivity contribution in [1.29, 1.82) is 0 Å². The summed E-state index contributed by atoms with van der Waals surface area (Å²) in [6.45, 7) is 2.63. The first-order valence-electron chi connectivity index (χ1n) is 5.73. The standard InChI is InChI=1S/C14H15N3S/c1-10-13(17-14(16)18-10)12-7-5-11(6-8-12)4-2-3-9-15/h5-8H,3,9,15H2,1H3,(H2,16,17). The second-order valence-corrected chi connectivity index (χ2v) is 5.11. The molecule has 1 heterocycles. The average molecular weight is 257 g/mol. The molecule has 4 N–H and O–H groups in total. The Kier molecular flexibility index (Phi) is 3.98. The monoisotopic (exact) mass is 257 g/mol. The van der Waals surface area contributed by atoms with Crippen LogP contribution < -0.4 is 11.5 Å². The molecule has 1 aromatic carbocycles. The summed E-state index contributed by atoms with van der Waals surface area (Å²) in [6.07, 6.45) is 0.726. The number of nitrogens with zero attached hydrogens (tertiary/aromatic N) is 1. The van der Waals surface area contributed by atoms with Gasteiger partial charge in [-0.05, 0) is 19.1 Å². The van der Waals surface area contributed by atoms with Crippen LogP contribution in [-0.4, -0.2) is 11.5 Å². The highest BCUT2D eigenvalue weighted by molar-refractivity contribution is 7.15. The van der Waals surface area contributed by atoms with Gasteiger partial charge in [-0.2, -0.15) is 0 Å². The average Bonchev–Trinajstić information content (AvgIpc) is 2.70. The van der Waals surface area contributed by atoms with Gasteiger partial charge in [-0.3, -0.25) is 0 Å². The molecule has 2 aromatic rings. The van der Waals surface area contributed by atoms with Crippen molar-refractivity contribution in [2.24, 2.45) is 5.73 Å². The summed E-state index contributed by atoms with van der Waals surface area (Å²) < 4.78 is 0. The summed E-state index contributed by atoms with van der Waals surface area (Å²) in [6, 6.07) is 8.03. The van der Waals surface area contributed by atoms with Crippen LogP contribution in [0.1, 0.15) is 16.9 Å². The van der Waals surface area contributed by atoms with E-state index < -0.39 is 0 Å². The number of anilines is 1. The van der Waals surface area contributed by atoms with E-state index in [0.717, 1.165) is 28.1 Å². The van der Waals surface area contributed by atoms with Crippen molar-refractivity contribution in [2.45, 2.75) is 13.3 Å². The third-order valence-electron chi connectivity index (χ3n) is 2.47. The number of aromatic nitrogens is 1. The van der Waals surface area contributed by atoms with Crippen molar-refractivity contribution in [3.63, 3.8) is 0 Å². The van der Waals surface area contributed by atoms with Gasteiger partial charge in [-0.1, -0.05) is 24.0 Å². The first-order chi connectivity index (χ1) is 8.70. The van der Waals surface area contributed by atoms with E-state index in [4.69, 9.17) is 11.5 Å². The zero-order valence-electron chi connectivity index (χ0n) is 10.2. The Hall–Kier alpha value is -1.83. The number of hydrogen-bond donors (Lipinski definition) is 2. The minimum atomic E-state index is 0.600. The predicted octanol–water partition coefficient (Wildman–Crippen LogP) is 2.40. The molecule has 0 saturated carbocycles. The van der Waals surface area contributed by atoms with E-state index >= 15 is 0 Å². The van der Waals surface area contributed by atoms with E-state index in [1.165, 1.54) is 11.3 Å². The third kappa shape index (κ3) is 2.89. The van der Waals surface area contributed by atoms with Gasteiger partial charge in [0, 0.05) is 29.0 Å². The van der Waals surface area contributed by atoms with Crippen LogP contribution in [0, 0.1) is 18.8 Å². The van der Waals surface area contributed by atoms with Crippen LogP contribution in [0.4, 0.5) is 5.13 Å². The number of rotatable bonds is 2. The van der Waals surface area contributed by atoms with Crippen molar-refractivity contribution < 1.29 is 0 Å². The quantitative estimate of drug-likeness (QED) is 0.812. The number of benzene rings is 1. The molecule has 0 amide bonds. The highest BCUT2D eigenvalue weighted by Gasteiger charge is 2.07. The van der Waals surface area contributed by atoms with Gasteiger partial charge in [-0.15, -0.1) is 11.3 Å². The highest BCUT2D eigenvalue weighted by Crippen LogP contribution is 2.28. The van der Waals surface area contributed by atoms with Crippen LogP contribution in [0.3, 0.4) is 0 Å². The minimum Gasteiger partial charge on any atom is -0.375 e. The predicted molar refractivity (Wildman–Crippen MR) is 77.2 cm³/mol. The number of aryl methyl sites for hydroxylation is 1. The van der Waals surface area contributed by atoms with Crippen LogP contribution in [-0.2, 0) is 0 Å². The van der Waals surface area contributed by atoms with Crippen molar-refractivity contribution >= 4 is 16.5 Å². The maximum atomic E-state index is 5.70. The van der Waals surface area contributed by atoms with Gasteiger partial charge in [-0.25, -0.2) is 4.98 Å². The lowest BCUT2D eigenvalue weighted by Gasteiger charge is -1.98. The van der Waals surface area contributed by atoms with Gasteiger partial charge in [0.15, 0.2) is 5.13 Å². The Morgan fingerprint density at radius 1 is 1.28 bits per heavy atom. The molecule has 3 nitrogen and oxygen atoms in total. The van der Waals surface area contributed by atoms with Crippen LogP contribution in [0.2, 0.25) is 0 Å². The normalized spacial score (nSPS) is 9.89. The first kappa shape index (κ1) is 12.6. The van der Waals surface area contributed by atoms with Crippen molar-refractivity contribution in [1.82, 2.24) is 4.98 Å². The molecule has 0 bridgehead atoms. The summed E-state index contributed by atoms with van der Waals surface area (Å²) in [7, 11) is 0. The van der Waals surface area contributed by atoms with Crippen molar-refractivity contribution in [3.05, 3.63) is 34.7 Å². The molecule has 0 radical (unpaired) electrons. The molecular weight excluding hydrogens is 242 g/mol. The van der Waals surface area contributed by atoms with Crippen molar-refractivity contribution in [2.75, 3.05) is 12.3 Å². The highest BCUT2D eigenvalue weighted by atomic mass is 32.1. The Balaban J connectivity index is 2.23. The molecule has 0 atom stereocenters. The molecule has 18 heavy (non-hydrogen) atoms. The van der Waals surface area contributed by atoms with E-state index in [1.54, 1.807) is 0 Å². The molecule has 4 heteroatoms. The molecule has 0 aliphatic heterocycles. The minimum absolute atomic E-state index is 0.600. The summed E-state index contributed by atoms with van der Waals surface area (Å²) in [5.41, 5.74) is 14.1. The topological polar surface area (TPSA) is 64.9 Å². The Morgan fingerprint density at radius 3 is 2.56 bits per heavy atom. The zero-order valence-corrected chi connectivity index (χ0v) is 11.1. The summed E-state index contributed by atoms with van der Waals surface area (Å²) in [5.74, 6) is 6.09. The van der Waals surface area contributed by atoms with Gasteiger partial charge in [0.2, 0.25) is 0 Å². The van der Waals surface area contributed by atoms with Gasteiger partial charge in [0.25, 0.3) is 0 Å². The fourth-order valence-corrected chi connectivity index (χ4v) is 2.34. The second kappa shape index (κ2) is 5.67. The van der Waals surface area contributed by atoms with Gasteiger partial charge < -0.3 is 11.5 Å². The molecule has 0 unspecified atom stereocenters. The maximum absolute atomic E-state index is 5.70. The number of thiazole rings is 1. The zero-order chi connectivity index (χ0) is 13.0. The van der Waals surface area contributed by atoms with E-state index in [0.29, 0.717) is 11.7 Å². The number of nitrogen functional groups attached to an aromatic ring is 1. The molecule has 2 rings (SSSR count). The second-order valence-electron chi connectivity index (χ2n) is 3.87. The van der Waals surface area contributed by atoms with Crippen LogP contribution in [0.15, 0.2) is 24.3 Å². The fraction of sp³-hybridized carbons (Fsp3) is 0.214. The van der Waals surface area contributed by atoms with Crippen LogP contribution in [0.5, 0.6) is 0 Å². The molecule has 0 aliphatic rings. The first-order valence-corrected chi connectivity index (χ1v) is 6.54. The van der Waals surface area contributed by atoms with Gasteiger partial charge in [0.1, 0.15) is 0 Å². The van der Waals surface area contributed by atoms with Crippen molar-refractivity contribution in [3.8, 4) is 23.1 Å². The fourth-order valence-electron chi connectivity index (χ4n) is 1.63. The lowest BCUT2D eigenvalue weighted by atomic mass is 10.1. The molecular formula is C14H15N3S. The number of nitrogens with two attached hydrogens (primary N) is 2. The summed E-state index contributed by atoms with van der Waals surface area (Å²) in [5, 5.41) is 0.606. The van der Waals surface area contributed by atoms with E-state index in [-0.39, 0.29) is 0 Å². The van der Waals surface area contributed by atoms with E-state index in [1.807, 2.05) is 31.2 Å². The molecule has 1 aromatic heterocycles. The SMILES string of the molecule is Cc1sc(N)nc1-c1ccc(C#CCCN)cc1. The largest absolute Gasteiger partial charge is 0.375 e. The molecule has 0 saturated heterocycles. The van der Waals surface area contributed by atoms with Gasteiger partial charge in [0.05, 0.1) is 5.69 Å². The van der Waals surface area contributed by atoms with E-state index in [9.17, 15) is 0 Å². The lowest BCUT2D eigenvalue weighted by molar-refractivity contribution is 1.03. The lowest BCUT2D eigenvalue weighted by Crippen LogP contribution is -1.95. The molecule has 0 aliphatic carbocycles. The van der Waals surface area contributed by atoms with Crippen LogP contribution >= 0.6 is 11.3 Å². The van der Waals surface area contributed by atoms with E-state index in [2.05, 4.69) is 16.8 Å².